The van der Waals surface area contributed by atoms with E-state index in [1.807, 2.05) is 6.92 Å². The monoisotopic (exact) mass is 355 g/mol. The SMILES string of the molecule is CC1SC=C(C(F)F)N1c1ccccc1-c1ccc(Cl)c(F)c1. The van der Waals surface area contributed by atoms with E-state index in [2.05, 4.69) is 0 Å². The van der Waals surface area contributed by atoms with Gasteiger partial charge in [-0.05, 0) is 36.1 Å². The van der Waals surface area contributed by atoms with Crippen molar-refractivity contribution >= 4 is 29.1 Å². The molecule has 0 spiro atoms. The molecule has 0 N–H and O–H groups in total. The Morgan fingerprint density at radius 3 is 2.61 bits per heavy atom. The van der Waals surface area contributed by atoms with Gasteiger partial charge in [0.15, 0.2) is 0 Å². The molecule has 0 aliphatic carbocycles. The summed E-state index contributed by atoms with van der Waals surface area (Å²) >= 11 is 7.06. The van der Waals surface area contributed by atoms with Crippen molar-refractivity contribution < 1.29 is 13.2 Å². The Morgan fingerprint density at radius 1 is 1.17 bits per heavy atom. The second-order valence-electron chi connectivity index (χ2n) is 5.09. The van der Waals surface area contributed by atoms with Crippen molar-refractivity contribution in [2.24, 2.45) is 0 Å². The van der Waals surface area contributed by atoms with Crippen LogP contribution in [0.15, 0.2) is 53.6 Å². The van der Waals surface area contributed by atoms with Crippen molar-refractivity contribution in [3.8, 4) is 11.1 Å². The van der Waals surface area contributed by atoms with Crippen LogP contribution in [-0.4, -0.2) is 11.8 Å². The van der Waals surface area contributed by atoms with Gasteiger partial charge in [-0.3, -0.25) is 0 Å². The highest BCUT2D eigenvalue weighted by Gasteiger charge is 2.31. The summed E-state index contributed by atoms with van der Waals surface area (Å²) < 4.78 is 40.4. The molecule has 0 amide bonds. The van der Waals surface area contributed by atoms with Crippen LogP contribution in [-0.2, 0) is 0 Å². The first kappa shape index (κ1) is 16.3. The molecular weight excluding hydrogens is 343 g/mol. The Balaban J connectivity index is 2.11. The summed E-state index contributed by atoms with van der Waals surface area (Å²) in [5, 5.41) is 1.36. The molecule has 1 nitrogen and oxygen atoms in total. The lowest BCUT2D eigenvalue weighted by atomic mass is 10.0. The van der Waals surface area contributed by atoms with Gasteiger partial charge in [-0.25, -0.2) is 13.2 Å². The van der Waals surface area contributed by atoms with E-state index in [9.17, 15) is 13.2 Å². The van der Waals surface area contributed by atoms with E-state index in [1.54, 1.807) is 35.2 Å². The number of thioether (sulfide) groups is 1. The third-order valence-corrected chi connectivity index (χ3v) is 4.93. The van der Waals surface area contributed by atoms with Crippen molar-refractivity contribution in [2.45, 2.75) is 18.7 Å². The quantitative estimate of drug-likeness (QED) is 0.649. The summed E-state index contributed by atoms with van der Waals surface area (Å²) in [5.41, 5.74) is 1.87. The molecule has 1 heterocycles. The maximum atomic E-state index is 13.8. The first-order chi connectivity index (χ1) is 11.0. The number of alkyl halides is 2. The fourth-order valence-electron chi connectivity index (χ4n) is 2.58. The molecule has 120 valence electrons. The standard InChI is InChI=1S/C17H13ClF3NS/c1-10-22(16(9-23-10)17(20)21)15-5-3-2-4-12(15)11-6-7-13(18)14(19)8-11/h2-10,17H,1H3. The summed E-state index contributed by atoms with van der Waals surface area (Å²) in [5.74, 6) is -0.535. The highest BCUT2D eigenvalue weighted by molar-refractivity contribution is 8.03. The molecular formula is C17H13ClF3NS. The maximum Gasteiger partial charge on any atom is 0.278 e. The number of para-hydroxylation sites is 1. The molecule has 0 aromatic heterocycles. The molecule has 3 rings (SSSR count). The molecule has 0 fully saturated rings. The van der Waals surface area contributed by atoms with E-state index in [4.69, 9.17) is 11.6 Å². The lowest BCUT2D eigenvalue weighted by Gasteiger charge is -2.28. The summed E-state index contributed by atoms with van der Waals surface area (Å²) in [6.07, 6.45) is -2.57. The van der Waals surface area contributed by atoms with Gasteiger partial charge >= 0.3 is 0 Å². The van der Waals surface area contributed by atoms with E-state index >= 15 is 0 Å². The van der Waals surface area contributed by atoms with E-state index < -0.39 is 12.2 Å². The fraction of sp³-hybridized carbons (Fsp3) is 0.176. The van der Waals surface area contributed by atoms with Gasteiger partial charge in [0.25, 0.3) is 6.43 Å². The van der Waals surface area contributed by atoms with Crippen LogP contribution >= 0.6 is 23.4 Å². The molecule has 0 radical (unpaired) electrons. The highest BCUT2D eigenvalue weighted by Crippen LogP contribution is 2.42. The van der Waals surface area contributed by atoms with Crippen LogP contribution in [0.3, 0.4) is 0 Å². The van der Waals surface area contributed by atoms with Gasteiger partial charge in [0, 0.05) is 11.3 Å². The number of rotatable bonds is 3. The summed E-state index contributed by atoms with van der Waals surface area (Å²) in [6.45, 7) is 1.86. The van der Waals surface area contributed by atoms with Gasteiger partial charge in [0.1, 0.15) is 5.82 Å². The smallest absolute Gasteiger partial charge is 0.278 e. The first-order valence-electron chi connectivity index (χ1n) is 6.96. The van der Waals surface area contributed by atoms with Crippen molar-refractivity contribution in [3.63, 3.8) is 0 Å². The van der Waals surface area contributed by atoms with Crippen LogP contribution in [0.5, 0.6) is 0 Å². The molecule has 1 aliphatic heterocycles. The molecule has 2 aromatic carbocycles. The van der Waals surface area contributed by atoms with Gasteiger partial charge in [-0.1, -0.05) is 35.9 Å². The average Bonchev–Trinajstić information content (AvgIpc) is 2.92. The van der Waals surface area contributed by atoms with E-state index in [1.165, 1.54) is 29.3 Å². The van der Waals surface area contributed by atoms with E-state index in [-0.39, 0.29) is 16.1 Å². The molecule has 0 saturated carbocycles. The molecule has 23 heavy (non-hydrogen) atoms. The Bertz CT molecular complexity index is 763. The number of allylic oxidation sites excluding steroid dienone is 1. The van der Waals surface area contributed by atoms with Gasteiger partial charge in [-0.2, -0.15) is 0 Å². The minimum absolute atomic E-state index is 0.0319. The van der Waals surface area contributed by atoms with Crippen LogP contribution in [0.2, 0.25) is 5.02 Å². The Labute approximate surface area is 141 Å². The molecule has 0 bridgehead atoms. The van der Waals surface area contributed by atoms with Crippen LogP contribution in [0, 0.1) is 5.82 Å². The Hall–Kier alpha value is -1.59. The second kappa shape index (κ2) is 6.49. The molecule has 1 atom stereocenters. The van der Waals surface area contributed by atoms with Crippen LogP contribution in [0.25, 0.3) is 11.1 Å². The zero-order valence-corrected chi connectivity index (χ0v) is 13.7. The number of anilines is 1. The highest BCUT2D eigenvalue weighted by atomic mass is 35.5. The normalized spacial score (nSPS) is 17.7. The topological polar surface area (TPSA) is 3.24 Å². The minimum atomic E-state index is -2.57. The van der Waals surface area contributed by atoms with Crippen molar-refractivity contribution in [1.82, 2.24) is 0 Å². The number of nitrogens with zero attached hydrogens (tertiary/aromatic N) is 1. The second-order valence-corrected chi connectivity index (χ2v) is 6.69. The van der Waals surface area contributed by atoms with E-state index in [0.717, 1.165) is 0 Å². The minimum Gasteiger partial charge on any atom is -0.327 e. The van der Waals surface area contributed by atoms with Gasteiger partial charge < -0.3 is 4.90 Å². The van der Waals surface area contributed by atoms with Crippen molar-refractivity contribution in [1.29, 1.82) is 0 Å². The lowest BCUT2D eigenvalue weighted by molar-refractivity contribution is 0.186. The van der Waals surface area contributed by atoms with Crippen molar-refractivity contribution in [3.05, 3.63) is 64.4 Å². The first-order valence-corrected chi connectivity index (χ1v) is 8.28. The molecule has 1 aliphatic rings. The largest absolute Gasteiger partial charge is 0.327 e. The predicted molar refractivity (Wildman–Crippen MR) is 90.5 cm³/mol. The Morgan fingerprint density at radius 2 is 1.91 bits per heavy atom. The summed E-state index contributed by atoms with van der Waals surface area (Å²) in [6, 6.07) is 11.6. The number of benzene rings is 2. The van der Waals surface area contributed by atoms with Gasteiger partial charge in [-0.15, -0.1) is 11.8 Å². The zero-order valence-electron chi connectivity index (χ0n) is 12.1. The van der Waals surface area contributed by atoms with Crippen LogP contribution in [0.1, 0.15) is 6.92 Å². The summed E-state index contributed by atoms with van der Waals surface area (Å²) in [4.78, 5) is 1.59. The number of hydrogen-bond acceptors (Lipinski definition) is 2. The summed E-state index contributed by atoms with van der Waals surface area (Å²) in [7, 11) is 0. The molecule has 6 heteroatoms. The van der Waals surface area contributed by atoms with Gasteiger partial charge in [0.05, 0.1) is 16.1 Å². The fourth-order valence-corrected chi connectivity index (χ4v) is 3.61. The third kappa shape index (κ3) is 3.08. The van der Waals surface area contributed by atoms with Gasteiger partial charge in [0.2, 0.25) is 0 Å². The predicted octanol–water partition coefficient (Wildman–Crippen LogP) is 6.15. The number of halogens is 4. The lowest BCUT2D eigenvalue weighted by Crippen LogP contribution is -2.29. The molecule has 1 unspecified atom stereocenters. The van der Waals surface area contributed by atoms with Crippen LogP contribution in [0.4, 0.5) is 18.9 Å². The van der Waals surface area contributed by atoms with E-state index in [0.29, 0.717) is 16.8 Å². The molecule has 2 aromatic rings. The third-order valence-electron chi connectivity index (χ3n) is 3.65. The van der Waals surface area contributed by atoms with Crippen LogP contribution < -0.4 is 4.90 Å². The maximum absolute atomic E-state index is 13.8. The Kier molecular flexibility index (Phi) is 4.60. The molecule has 0 saturated heterocycles. The number of hydrogen-bond donors (Lipinski definition) is 0. The zero-order chi connectivity index (χ0) is 16.6. The van der Waals surface area contributed by atoms with Crippen molar-refractivity contribution in [2.75, 3.05) is 4.90 Å². The average molecular weight is 356 g/mol.